The Labute approximate surface area is 176 Å². The van der Waals surface area contributed by atoms with Gasteiger partial charge in [-0.1, -0.05) is 6.07 Å². The van der Waals surface area contributed by atoms with Crippen LogP contribution in [0.1, 0.15) is 55.3 Å². The smallest absolute Gasteiger partial charge is 0.410 e. The maximum atomic E-state index is 15.3. The van der Waals surface area contributed by atoms with Gasteiger partial charge >= 0.3 is 12.1 Å². The number of piperazine rings is 1. The largest absolute Gasteiger partial charge is 0.459 e. The fourth-order valence-electron chi connectivity index (χ4n) is 4.32. The van der Waals surface area contributed by atoms with Crippen LogP contribution in [0.5, 0.6) is 0 Å². The number of benzene rings is 1. The zero-order chi connectivity index (χ0) is 21.6. The number of amides is 1. The van der Waals surface area contributed by atoms with Crippen LogP contribution in [0.2, 0.25) is 0 Å². The van der Waals surface area contributed by atoms with Crippen molar-refractivity contribution in [2.75, 3.05) is 32.8 Å². The molecule has 3 heterocycles. The zero-order valence-electron chi connectivity index (χ0n) is 17.9. The maximum Gasteiger partial charge on any atom is 0.410 e. The van der Waals surface area contributed by atoms with Crippen LogP contribution in [0.3, 0.4) is 0 Å². The highest BCUT2D eigenvalue weighted by Crippen LogP contribution is 2.33. The van der Waals surface area contributed by atoms with E-state index in [9.17, 15) is 9.59 Å². The lowest BCUT2D eigenvalue weighted by Crippen LogP contribution is -2.60. The number of cyclic esters (lactones) is 1. The van der Waals surface area contributed by atoms with Gasteiger partial charge in [0.25, 0.3) is 0 Å². The molecule has 0 N–H and O–H groups in total. The van der Waals surface area contributed by atoms with Gasteiger partial charge in [0.2, 0.25) is 0 Å². The monoisotopic (exact) mass is 420 g/mol. The SMILES string of the molecule is CC1Cc2c(ccc(C3CN4CCN(C(=O)OC(C)(C)C)CC4CO3)c2F)C(=O)O1. The average Bonchev–Trinajstić information content (AvgIpc) is 2.66. The van der Waals surface area contributed by atoms with Gasteiger partial charge in [-0.05, 0) is 33.8 Å². The van der Waals surface area contributed by atoms with Gasteiger partial charge in [0, 0.05) is 43.7 Å². The van der Waals surface area contributed by atoms with Crippen molar-refractivity contribution in [3.05, 3.63) is 34.6 Å². The van der Waals surface area contributed by atoms with E-state index in [1.54, 1.807) is 24.0 Å². The molecule has 3 aliphatic rings. The Hall–Kier alpha value is -2.19. The van der Waals surface area contributed by atoms with Crippen LogP contribution in [0.25, 0.3) is 0 Å². The normalized spacial score (nSPS) is 27.2. The maximum absolute atomic E-state index is 15.3. The van der Waals surface area contributed by atoms with Crippen molar-refractivity contribution in [3.8, 4) is 0 Å². The molecule has 0 radical (unpaired) electrons. The van der Waals surface area contributed by atoms with Gasteiger partial charge in [-0.15, -0.1) is 0 Å². The van der Waals surface area contributed by atoms with E-state index >= 15 is 4.39 Å². The van der Waals surface area contributed by atoms with E-state index in [1.807, 2.05) is 20.8 Å². The number of rotatable bonds is 1. The summed E-state index contributed by atoms with van der Waals surface area (Å²) >= 11 is 0. The van der Waals surface area contributed by atoms with E-state index in [1.165, 1.54) is 0 Å². The molecular weight excluding hydrogens is 391 g/mol. The number of esters is 1. The standard InChI is InChI=1S/C22H29FN2O5/c1-13-9-17-15(20(26)29-13)5-6-16(19(17)23)18-11-24-7-8-25(10-14(24)12-28-18)21(27)30-22(2,3)4/h5-6,13-14,18H,7-12H2,1-4H3. The minimum Gasteiger partial charge on any atom is -0.459 e. The Morgan fingerprint density at radius 1 is 1.23 bits per heavy atom. The molecule has 7 nitrogen and oxygen atoms in total. The molecule has 30 heavy (non-hydrogen) atoms. The molecule has 0 aromatic heterocycles. The first-order chi connectivity index (χ1) is 14.1. The fraction of sp³-hybridized carbons (Fsp3) is 0.636. The Kier molecular flexibility index (Phi) is 5.48. The van der Waals surface area contributed by atoms with Gasteiger partial charge in [-0.25, -0.2) is 14.0 Å². The molecule has 164 valence electrons. The first-order valence-corrected chi connectivity index (χ1v) is 10.5. The summed E-state index contributed by atoms with van der Waals surface area (Å²) in [6.45, 7) is 10.0. The van der Waals surface area contributed by atoms with Gasteiger partial charge < -0.3 is 19.1 Å². The molecule has 1 amide bonds. The average molecular weight is 420 g/mol. The van der Waals surface area contributed by atoms with Gasteiger partial charge in [-0.2, -0.15) is 0 Å². The van der Waals surface area contributed by atoms with Gasteiger partial charge in [0.15, 0.2) is 0 Å². The molecule has 3 aliphatic heterocycles. The number of hydrogen-bond donors (Lipinski definition) is 0. The number of carbonyl (C=O) groups excluding carboxylic acids is 2. The molecule has 3 atom stereocenters. The second-order valence-corrected chi connectivity index (χ2v) is 9.31. The predicted molar refractivity (Wildman–Crippen MR) is 107 cm³/mol. The summed E-state index contributed by atoms with van der Waals surface area (Å²) in [6, 6.07) is 3.32. The summed E-state index contributed by atoms with van der Waals surface area (Å²) < 4.78 is 31.9. The number of fused-ring (bicyclic) bond motifs is 2. The Morgan fingerprint density at radius 2 is 2.00 bits per heavy atom. The molecule has 4 rings (SSSR count). The highest BCUT2D eigenvalue weighted by atomic mass is 19.1. The molecule has 3 unspecified atom stereocenters. The number of nitrogens with zero attached hydrogens (tertiary/aromatic N) is 2. The van der Waals surface area contributed by atoms with Crippen LogP contribution in [0, 0.1) is 5.82 Å². The van der Waals surface area contributed by atoms with Crippen molar-refractivity contribution >= 4 is 12.1 Å². The topological polar surface area (TPSA) is 68.3 Å². The molecular formula is C22H29FN2O5. The second kappa shape index (κ2) is 7.81. The minimum absolute atomic E-state index is 0.0539. The summed E-state index contributed by atoms with van der Waals surface area (Å²) in [5, 5.41) is 0. The summed E-state index contributed by atoms with van der Waals surface area (Å²) in [5.41, 5.74) is 0.658. The summed E-state index contributed by atoms with van der Waals surface area (Å²) in [4.78, 5) is 28.3. The third kappa shape index (κ3) is 4.16. The first-order valence-electron chi connectivity index (χ1n) is 10.5. The molecule has 0 spiro atoms. The minimum atomic E-state index is -0.531. The van der Waals surface area contributed by atoms with Gasteiger partial charge in [0.05, 0.1) is 24.3 Å². The third-order valence-corrected chi connectivity index (χ3v) is 5.79. The van der Waals surface area contributed by atoms with Crippen molar-refractivity contribution in [2.45, 2.75) is 58.0 Å². The van der Waals surface area contributed by atoms with Crippen LogP contribution < -0.4 is 0 Å². The van der Waals surface area contributed by atoms with Crippen molar-refractivity contribution in [1.82, 2.24) is 9.80 Å². The molecule has 8 heteroatoms. The zero-order valence-corrected chi connectivity index (χ0v) is 17.9. The molecule has 1 aromatic carbocycles. The lowest BCUT2D eigenvalue weighted by molar-refractivity contribution is -0.0916. The summed E-state index contributed by atoms with van der Waals surface area (Å²) in [5.74, 6) is -0.844. The van der Waals surface area contributed by atoms with Crippen molar-refractivity contribution in [2.24, 2.45) is 0 Å². The molecule has 0 saturated carbocycles. The first kappa shape index (κ1) is 21.1. The van der Waals surface area contributed by atoms with Crippen LogP contribution >= 0.6 is 0 Å². The summed E-state index contributed by atoms with van der Waals surface area (Å²) in [7, 11) is 0. The Bertz CT molecular complexity index is 853. The van der Waals surface area contributed by atoms with Crippen molar-refractivity contribution in [3.63, 3.8) is 0 Å². The number of carbonyl (C=O) groups is 2. The molecule has 0 bridgehead atoms. The van der Waals surface area contributed by atoms with E-state index in [-0.39, 0.29) is 24.1 Å². The van der Waals surface area contributed by atoms with E-state index in [0.717, 1.165) is 0 Å². The number of hydrogen-bond acceptors (Lipinski definition) is 6. The quantitative estimate of drug-likeness (QED) is 0.651. The molecule has 2 fully saturated rings. The second-order valence-electron chi connectivity index (χ2n) is 9.31. The van der Waals surface area contributed by atoms with Gasteiger partial charge in [0.1, 0.15) is 17.5 Å². The lowest BCUT2D eigenvalue weighted by atomic mass is 9.93. The van der Waals surface area contributed by atoms with E-state index < -0.39 is 17.7 Å². The molecule has 0 aliphatic carbocycles. The van der Waals surface area contributed by atoms with E-state index in [4.69, 9.17) is 14.2 Å². The summed E-state index contributed by atoms with van der Waals surface area (Å²) in [6.07, 6.45) is -0.698. The number of morpholine rings is 1. The van der Waals surface area contributed by atoms with Crippen LogP contribution in [-0.4, -0.2) is 72.4 Å². The van der Waals surface area contributed by atoms with Crippen LogP contribution in [0.4, 0.5) is 9.18 Å². The number of halogens is 1. The predicted octanol–water partition coefficient (Wildman–Crippen LogP) is 2.92. The van der Waals surface area contributed by atoms with Crippen molar-refractivity contribution < 1.29 is 28.2 Å². The molecule has 2 saturated heterocycles. The Balaban J connectivity index is 1.44. The van der Waals surface area contributed by atoms with Crippen LogP contribution in [0.15, 0.2) is 12.1 Å². The highest BCUT2D eigenvalue weighted by molar-refractivity contribution is 5.92. The Morgan fingerprint density at radius 3 is 2.73 bits per heavy atom. The van der Waals surface area contributed by atoms with Gasteiger partial charge in [-0.3, -0.25) is 4.90 Å². The van der Waals surface area contributed by atoms with E-state index in [0.29, 0.717) is 55.9 Å². The van der Waals surface area contributed by atoms with Crippen molar-refractivity contribution in [1.29, 1.82) is 0 Å². The third-order valence-electron chi connectivity index (χ3n) is 5.79. The number of ether oxygens (including phenoxy) is 3. The lowest BCUT2D eigenvalue weighted by Gasteiger charge is -2.46. The van der Waals surface area contributed by atoms with E-state index in [2.05, 4.69) is 4.90 Å². The fourth-order valence-corrected chi connectivity index (χ4v) is 4.32. The highest BCUT2D eigenvalue weighted by Gasteiger charge is 2.38. The molecule has 1 aromatic rings. The van der Waals surface area contributed by atoms with Crippen LogP contribution in [-0.2, 0) is 20.6 Å².